The zero-order chi connectivity index (χ0) is 18.4. The molecular weight excluding hydrogens is 354 g/mol. The molecule has 1 fully saturated rings. The van der Waals surface area contributed by atoms with Gasteiger partial charge in [-0.15, -0.1) is 0 Å². The molecule has 2 amide bonds. The summed E-state index contributed by atoms with van der Waals surface area (Å²) in [6.07, 6.45) is 2.32. The predicted octanol–water partition coefficient (Wildman–Crippen LogP) is 3.72. The van der Waals surface area contributed by atoms with Crippen molar-refractivity contribution in [2.24, 2.45) is 5.92 Å². The van der Waals surface area contributed by atoms with Crippen molar-refractivity contribution in [2.75, 3.05) is 23.7 Å². The fraction of sp³-hybridized carbons (Fsp3) is 0.500. The predicted molar refractivity (Wildman–Crippen MR) is 109 cm³/mol. The first-order valence-corrected chi connectivity index (χ1v) is 9.79. The fourth-order valence-corrected chi connectivity index (χ4v) is 4.15. The lowest BCUT2D eigenvalue weighted by atomic mass is 10.1. The lowest BCUT2D eigenvalue weighted by Gasteiger charge is -2.24. The molecular formula is C18H25N3O2S2. The zero-order valence-electron chi connectivity index (χ0n) is 14.9. The minimum atomic E-state index is -0.252. The van der Waals surface area contributed by atoms with Gasteiger partial charge in [0, 0.05) is 31.4 Å². The summed E-state index contributed by atoms with van der Waals surface area (Å²) in [5, 5.41) is 5.41. The van der Waals surface area contributed by atoms with Crippen molar-refractivity contribution in [3.05, 3.63) is 24.3 Å². The Balaban J connectivity index is 2.02. The number of anilines is 2. The summed E-state index contributed by atoms with van der Waals surface area (Å²) >= 11 is 6.99. The first-order chi connectivity index (χ1) is 11.9. The molecule has 7 heteroatoms. The highest BCUT2D eigenvalue weighted by Crippen LogP contribution is 2.27. The molecule has 0 spiro atoms. The lowest BCUT2D eigenvalue weighted by Crippen LogP contribution is -2.34. The van der Waals surface area contributed by atoms with E-state index in [0.29, 0.717) is 11.4 Å². The van der Waals surface area contributed by atoms with Gasteiger partial charge in [-0.25, -0.2) is 0 Å². The van der Waals surface area contributed by atoms with Crippen molar-refractivity contribution in [1.29, 1.82) is 0 Å². The standard InChI is InChI=1S/C18H25N3O2S2/c1-12(2)16(25-18(24)21-9-4-5-10-21)17(23)20-15-8-6-7-14(11-15)19-13(3)22/h6-8,11-12,16H,4-5,9-10H2,1-3H3,(H,19,22)(H,20,23)/t16-/m0/s1. The smallest absolute Gasteiger partial charge is 0.238 e. The Morgan fingerprint density at radius 3 is 2.32 bits per heavy atom. The monoisotopic (exact) mass is 379 g/mol. The van der Waals surface area contributed by atoms with E-state index >= 15 is 0 Å². The lowest BCUT2D eigenvalue weighted by molar-refractivity contribution is -0.116. The Kier molecular flexibility index (Phi) is 7.25. The number of rotatable bonds is 5. The molecule has 1 aliphatic heterocycles. The molecule has 0 bridgehead atoms. The van der Waals surface area contributed by atoms with Gasteiger partial charge in [-0.05, 0) is 37.0 Å². The van der Waals surface area contributed by atoms with E-state index in [2.05, 4.69) is 15.5 Å². The summed E-state index contributed by atoms with van der Waals surface area (Å²) in [6, 6.07) is 7.14. The average Bonchev–Trinajstić information content (AvgIpc) is 3.06. The third-order valence-electron chi connectivity index (χ3n) is 3.91. The third-order valence-corrected chi connectivity index (χ3v) is 5.93. The van der Waals surface area contributed by atoms with Crippen LogP contribution in [0.3, 0.4) is 0 Å². The van der Waals surface area contributed by atoms with E-state index in [0.717, 1.165) is 30.3 Å². The van der Waals surface area contributed by atoms with Crippen molar-refractivity contribution >= 4 is 51.5 Å². The van der Waals surface area contributed by atoms with E-state index in [1.165, 1.54) is 18.7 Å². The van der Waals surface area contributed by atoms with Gasteiger partial charge in [0.15, 0.2) is 0 Å². The number of carbonyl (C=O) groups is 2. The van der Waals surface area contributed by atoms with E-state index in [4.69, 9.17) is 12.2 Å². The Hall–Kier alpha value is -1.60. The van der Waals surface area contributed by atoms with Crippen LogP contribution in [0.15, 0.2) is 24.3 Å². The van der Waals surface area contributed by atoms with Gasteiger partial charge in [0.25, 0.3) is 0 Å². The van der Waals surface area contributed by atoms with Crippen molar-refractivity contribution in [3.8, 4) is 0 Å². The van der Waals surface area contributed by atoms with Gasteiger partial charge >= 0.3 is 0 Å². The van der Waals surface area contributed by atoms with Gasteiger partial charge in [0.2, 0.25) is 11.8 Å². The highest BCUT2D eigenvalue weighted by atomic mass is 32.2. The molecule has 2 N–H and O–H groups in total. The molecule has 0 aromatic heterocycles. The van der Waals surface area contributed by atoms with Crippen molar-refractivity contribution in [3.63, 3.8) is 0 Å². The van der Waals surface area contributed by atoms with E-state index < -0.39 is 0 Å². The molecule has 2 rings (SSSR count). The number of amides is 2. The van der Waals surface area contributed by atoms with E-state index in [9.17, 15) is 9.59 Å². The molecule has 0 aliphatic carbocycles. The second kappa shape index (κ2) is 9.20. The second-order valence-corrected chi connectivity index (χ2v) is 8.27. The van der Waals surface area contributed by atoms with Gasteiger partial charge < -0.3 is 15.5 Å². The van der Waals surface area contributed by atoms with Crippen LogP contribution < -0.4 is 10.6 Å². The zero-order valence-corrected chi connectivity index (χ0v) is 16.5. The Bertz CT molecular complexity index is 643. The molecule has 0 radical (unpaired) electrons. The van der Waals surface area contributed by atoms with E-state index in [1.54, 1.807) is 18.2 Å². The van der Waals surface area contributed by atoms with Crippen LogP contribution >= 0.6 is 24.0 Å². The number of thioether (sulfide) groups is 1. The van der Waals surface area contributed by atoms with E-state index in [-0.39, 0.29) is 23.0 Å². The van der Waals surface area contributed by atoms with Crippen molar-refractivity contribution < 1.29 is 9.59 Å². The maximum absolute atomic E-state index is 12.7. The summed E-state index contributed by atoms with van der Waals surface area (Å²) in [7, 11) is 0. The van der Waals surface area contributed by atoms with Gasteiger partial charge in [0.05, 0.1) is 5.25 Å². The van der Waals surface area contributed by atoms with Crippen LogP contribution in [-0.4, -0.2) is 39.4 Å². The number of nitrogens with one attached hydrogen (secondary N) is 2. The van der Waals surface area contributed by atoms with E-state index in [1.807, 2.05) is 19.9 Å². The molecule has 1 aromatic carbocycles. The minimum Gasteiger partial charge on any atom is -0.358 e. The minimum absolute atomic E-state index is 0.0680. The highest BCUT2D eigenvalue weighted by molar-refractivity contribution is 8.23. The molecule has 25 heavy (non-hydrogen) atoms. The summed E-state index contributed by atoms with van der Waals surface area (Å²) in [4.78, 5) is 26.1. The number of hydrogen-bond acceptors (Lipinski definition) is 4. The SMILES string of the molecule is CC(=O)Nc1cccc(NC(=O)[C@@H](SC(=S)N2CCCC2)C(C)C)c1. The molecule has 1 saturated heterocycles. The maximum atomic E-state index is 12.7. The second-order valence-electron chi connectivity index (χ2n) is 6.49. The van der Waals surface area contributed by atoms with Gasteiger partial charge in [0.1, 0.15) is 4.32 Å². The first kappa shape index (κ1) is 19.7. The molecule has 1 aliphatic rings. The Morgan fingerprint density at radius 1 is 1.16 bits per heavy atom. The summed E-state index contributed by atoms with van der Waals surface area (Å²) in [6.45, 7) is 7.47. The van der Waals surface area contributed by atoms with Crippen LogP contribution in [0.5, 0.6) is 0 Å². The van der Waals surface area contributed by atoms with Crippen LogP contribution in [0.25, 0.3) is 0 Å². The van der Waals surface area contributed by atoms with Gasteiger partial charge in [-0.1, -0.05) is 43.9 Å². The molecule has 136 valence electrons. The van der Waals surface area contributed by atoms with Crippen LogP contribution in [0.1, 0.15) is 33.6 Å². The average molecular weight is 380 g/mol. The fourth-order valence-electron chi connectivity index (χ4n) is 2.67. The Morgan fingerprint density at radius 2 is 1.76 bits per heavy atom. The topological polar surface area (TPSA) is 61.4 Å². The Labute approximate surface area is 158 Å². The number of hydrogen-bond donors (Lipinski definition) is 2. The van der Waals surface area contributed by atoms with Gasteiger partial charge in [-0.3, -0.25) is 9.59 Å². The third kappa shape index (κ3) is 6.01. The quantitative estimate of drug-likeness (QED) is 0.764. The van der Waals surface area contributed by atoms with Crippen LogP contribution in [-0.2, 0) is 9.59 Å². The number of benzene rings is 1. The number of likely N-dealkylation sites (tertiary alicyclic amines) is 1. The molecule has 0 unspecified atom stereocenters. The number of nitrogens with zero attached hydrogens (tertiary/aromatic N) is 1. The molecule has 0 saturated carbocycles. The molecule has 1 atom stereocenters. The molecule has 1 heterocycles. The summed E-state index contributed by atoms with van der Waals surface area (Å²) < 4.78 is 0.804. The summed E-state index contributed by atoms with van der Waals surface area (Å²) in [5.74, 6) is -0.0550. The number of thiocarbonyl (C=S) groups is 1. The van der Waals surface area contributed by atoms with Crippen LogP contribution in [0.2, 0.25) is 0 Å². The molecule has 1 aromatic rings. The molecule has 5 nitrogen and oxygen atoms in total. The highest BCUT2D eigenvalue weighted by Gasteiger charge is 2.27. The van der Waals surface area contributed by atoms with Crippen molar-refractivity contribution in [2.45, 2.75) is 38.9 Å². The van der Waals surface area contributed by atoms with Crippen LogP contribution in [0.4, 0.5) is 11.4 Å². The first-order valence-electron chi connectivity index (χ1n) is 8.51. The van der Waals surface area contributed by atoms with Gasteiger partial charge in [-0.2, -0.15) is 0 Å². The summed E-state index contributed by atoms with van der Waals surface area (Å²) in [5.41, 5.74) is 1.32. The number of carbonyl (C=O) groups excluding carboxylic acids is 2. The largest absolute Gasteiger partial charge is 0.358 e. The van der Waals surface area contributed by atoms with Crippen molar-refractivity contribution in [1.82, 2.24) is 4.90 Å². The van der Waals surface area contributed by atoms with Crippen LogP contribution in [0, 0.1) is 5.92 Å². The maximum Gasteiger partial charge on any atom is 0.238 e. The normalized spacial score (nSPS) is 15.1.